The number of carbonyl (C=O) groups excluding carboxylic acids is 4. The first kappa shape index (κ1) is 21.5. The molecule has 0 bridgehead atoms. The molecule has 0 radical (unpaired) electrons. The fraction of sp³-hybridized carbons (Fsp3) is 0.500. The third-order valence-electron chi connectivity index (χ3n) is 7.01. The first-order valence-electron chi connectivity index (χ1n) is 11.5. The Morgan fingerprint density at radius 2 is 1.64 bits per heavy atom. The van der Waals surface area contributed by atoms with Gasteiger partial charge >= 0.3 is 0 Å². The standard InChI is InChI=1S/C24H27N3O6/c28-21(9-12-27-23(30)17-3-1-2-4-18(17)24(27)31)26-10-7-15(8-11-26)22(29)25-16-5-6-19-20(13-16)33-14-32-19/h1-2,5-6,13,15,17-18H,3-4,7-12,14H2,(H,25,29). The molecule has 174 valence electrons. The van der Waals surface area contributed by atoms with Crippen LogP contribution in [0.1, 0.15) is 32.1 Å². The van der Waals surface area contributed by atoms with Crippen LogP contribution in [0.25, 0.3) is 0 Å². The maximum absolute atomic E-state index is 12.7. The van der Waals surface area contributed by atoms with Crippen molar-refractivity contribution in [1.82, 2.24) is 9.80 Å². The second-order valence-electron chi connectivity index (χ2n) is 8.95. The molecule has 2 unspecified atom stereocenters. The van der Waals surface area contributed by atoms with E-state index in [-0.39, 0.29) is 61.1 Å². The molecule has 2 fully saturated rings. The number of nitrogens with zero attached hydrogens (tertiary/aromatic N) is 2. The summed E-state index contributed by atoms with van der Waals surface area (Å²) in [5.41, 5.74) is 0.651. The number of imide groups is 1. The highest BCUT2D eigenvalue weighted by Gasteiger charge is 2.47. The molecule has 33 heavy (non-hydrogen) atoms. The molecule has 1 aliphatic carbocycles. The van der Waals surface area contributed by atoms with Crippen molar-refractivity contribution in [3.63, 3.8) is 0 Å². The third-order valence-corrected chi connectivity index (χ3v) is 7.01. The minimum atomic E-state index is -0.267. The average Bonchev–Trinajstić information content (AvgIpc) is 3.40. The SMILES string of the molecule is O=C(Nc1ccc2c(c1)OCO2)C1CCN(C(=O)CCN2C(=O)C3CC=CCC3C2=O)CC1. The maximum Gasteiger partial charge on any atom is 0.233 e. The van der Waals surface area contributed by atoms with Crippen LogP contribution in [0.3, 0.4) is 0 Å². The highest BCUT2D eigenvalue weighted by atomic mass is 16.7. The number of carbonyl (C=O) groups is 4. The summed E-state index contributed by atoms with van der Waals surface area (Å²) >= 11 is 0. The van der Waals surface area contributed by atoms with Gasteiger partial charge < -0.3 is 19.7 Å². The lowest BCUT2D eigenvalue weighted by atomic mass is 9.85. The van der Waals surface area contributed by atoms with E-state index in [0.29, 0.717) is 56.0 Å². The lowest BCUT2D eigenvalue weighted by Crippen LogP contribution is -2.43. The topological polar surface area (TPSA) is 105 Å². The monoisotopic (exact) mass is 453 g/mol. The number of benzene rings is 1. The van der Waals surface area contributed by atoms with Crippen molar-refractivity contribution in [3.05, 3.63) is 30.4 Å². The third kappa shape index (κ3) is 4.19. The highest BCUT2D eigenvalue weighted by Crippen LogP contribution is 2.36. The Morgan fingerprint density at radius 1 is 0.970 bits per heavy atom. The van der Waals surface area contributed by atoms with Gasteiger partial charge in [0, 0.05) is 43.7 Å². The molecule has 9 nitrogen and oxygen atoms in total. The quantitative estimate of drug-likeness (QED) is 0.540. The van der Waals surface area contributed by atoms with Gasteiger partial charge in [-0.15, -0.1) is 0 Å². The number of hydrogen-bond donors (Lipinski definition) is 1. The average molecular weight is 453 g/mol. The number of likely N-dealkylation sites (tertiary alicyclic amines) is 2. The molecule has 0 aromatic heterocycles. The molecule has 1 N–H and O–H groups in total. The van der Waals surface area contributed by atoms with Gasteiger partial charge in [-0.3, -0.25) is 24.1 Å². The Labute approximate surface area is 191 Å². The van der Waals surface area contributed by atoms with Crippen LogP contribution in [0.15, 0.2) is 30.4 Å². The van der Waals surface area contributed by atoms with Gasteiger partial charge in [0.2, 0.25) is 30.4 Å². The van der Waals surface area contributed by atoms with Crippen LogP contribution < -0.4 is 14.8 Å². The smallest absolute Gasteiger partial charge is 0.233 e. The number of rotatable bonds is 5. The second-order valence-corrected chi connectivity index (χ2v) is 8.95. The predicted molar refractivity (Wildman–Crippen MR) is 117 cm³/mol. The summed E-state index contributed by atoms with van der Waals surface area (Å²) in [6.45, 7) is 1.27. The van der Waals surface area contributed by atoms with Crippen molar-refractivity contribution in [1.29, 1.82) is 0 Å². The highest BCUT2D eigenvalue weighted by molar-refractivity contribution is 6.05. The molecule has 3 heterocycles. The molecular weight excluding hydrogens is 426 g/mol. The van der Waals surface area contributed by atoms with Crippen molar-refractivity contribution in [2.24, 2.45) is 17.8 Å². The predicted octanol–water partition coefficient (Wildman–Crippen LogP) is 1.93. The van der Waals surface area contributed by atoms with Crippen LogP contribution in [0, 0.1) is 17.8 Å². The number of anilines is 1. The molecule has 3 aliphatic heterocycles. The van der Waals surface area contributed by atoms with Crippen molar-refractivity contribution in [2.75, 3.05) is 31.7 Å². The lowest BCUT2D eigenvalue weighted by molar-refractivity contribution is -0.141. The van der Waals surface area contributed by atoms with E-state index in [0.717, 1.165) is 0 Å². The van der Waals surface area contributed by atoms with Gasteiger partial charge in [-0.2, -0.15) is 0 Å². The number of nitrogens with one attached hydrogen (secondary N) is 1. The molecule has 9 heteroatoms. The van der Waals surface area contributed by atoms with E-state index in [1.165, 1.54) is 4.90 Å². The molecule has 4 aliphatic rings. The number of fused-ring (bicyclic) bond motifs is 2. The number of hydrogen-bond acceptors (Lipinski definition) is 6. The van der Waals surface area contributed by atoms with Gasteiger partial charge in [-0.1, -0.05) is 12.2 Å². The van der Waals surface area contributed by atoms with Crippen molar-refractivity contribution >= 4 is 29.3 Å². The van der Waals surface area contributed by atoms with Crippen molar-refractivity contribution in [2.45, 2.75) is 32.1 Å². The Kier molecular flexibility index (Phi) is 5.78. The zero-order chi connectivity index (χ0) is 22.9. The zero-order valence-electron chi connectivity index (χ0n) is 18.3. The molecule has 0 spiro atoms. The molecule has 1 aromatic carbocycles. The van der Waals surface area contributed by atoms with E-state index in [1.54, 1.807) is 23.1 Å². The fourth-order valence-electron chi connectivity index (χ4n) is 5.06. The van der Waals surface area contributed by atoms with Crippen LogP contribution >= 0.6 is 0 Å². The molecular formula is C24H27N3O6. The molecule has 1 aromatic rings. The van der Waals surface area contributed by atoms with Crippen LogP contribution in [0.2, 0.25) is 0 Å². The van der Waals surface area contributed by atoms with Crippen LogP contribution in [0.5, 0.6) is 11.5 Å². The van der Waals surface area contributed by atoms with E-state index >= 15 is 0 Å². The van der Waals surface area contributed by atoms with E-state index in [2.05, 4.69) is 5.32 Å². The molecule has 4 amide bonds. The first-order valence-corrected chi connectivity index (χ1v) is 11.5. The summed E-state index contributed by atoms with van der Waals surface area (Å²) in [5.74, 6) is 0.0853. The number of allylic oxidation sites excluding steroid dienone is 2. The molecule has 2 atom stereocenters. The van der Waals surface area contributed by atoms with Gasteiger partial charge in [-0.05, 0) is 37.8 Å². The summed E-state index contributed by atoms with van der Waals surface area (Å²) in [6.07, 6.45) is 6.36. The summed E-state index contributed by atoms with van der Waals surface area (Å²) in [5, 5.41) is 2.92. The van der Waals surface area contributed by atoms with Gasteiger partial charge in [0.1, 0.15) is 0 Å². The Bertz CT molecular complexity index is 987. The second kappa shape index (κ2) is 8.88. The largest absolute Gasteiger partial charge is 0.454 e. The Morgan fingerprint density at radius 3 is 2.33 bits per heavy atom. The summed E-state index contributed by atoms with van der Waals surface area (Å²) in [7, 11) is 0. The van der Waals surface area contributed by atoms with E-state index in [9.17, 15) is 19.2 Å². The van der Waals surface area contributed by atoms with E-state index in [4.69, 9.17) is 9.47 Å². The Balaban J connectivity index is 1.08. The van der Waals surface area contributed by atoms with Crippen molar-refractivity contribution in [3.8, 4) is 11.5 Å². The molecule has 5 rings (SSSR count). The van der Waals surface area contributed by atoms with E-state index < -0.39 is 0 Å². The van der Waals surface area contributed by atoms with E-state index in [1.807, 2.05) is 12.2 Å². The maximum atomic E-state index is 12.7. The molecule has 0 saturated carbocycles. The number of ether oxygens (including phenoxy) is 2. The minimum absolute atomic E-state index is 0.0783. The van der Waals surface area contributed by atoms with Gasteiger partial charge in [0.15, 0.2) is 11.5 Å². The number of amides is 4. The summed E-state index contributed by atoms with van der Waals surface area (Å²) < 4.78 is 10.6. The summed E-state index contributed by atoms with van der Waals surface area (Å²) in [4.78, 5) is 53.5. The number of piperidine rings is 1. The van der Waals surface area contributed by atoms with Crippen LogP contribution in [0.4, 0.5) is 5.69 Å². The minimum Gasteiger partial charge on any atom is -0.454 e. The van der Waals surface area contributed by atoms with Gasteiger partial charge in [0.05, 0.1) is 11.8 Å². The van der Waals surface area contributed by atoms with Crippen molar-refractivity contribution < 1.29 is 28.7 Å². The van der Waals surface area contributed by atoms with Gasteiger partial charge in [-0.25, -0.2) is 0 Å². The first-order chi connectivity index (χ1) is 16.0. The normalized spacial score (nSPS) is 24.2. The zero-order valence-corrected chi connectivity index (χ0v) is 18.3. The van der Waals surface area contributed by atoms with Crippen LogP contribution in [-0.4, -0.2) is 59.9 Å². The lowest BCUT2D eigenvalue weighted by Gasteiger charge is -2.31. The fourth-order valence-corrected chi connectivity index (χ4v) is 5.06. The van der Waals surface area contributed by atoms with Crippen LogP contribution in [-0.2, 0) is 19.2 Å². The Hall–Kier alpha value is -3.36. The molecule has 2 saturated heterocycles. The summed E-state index contributed by atoms with van der Waals surface area (Å²) in [6, 6.07) is 5.28. The van der Waals surface area contributed by atoms with Gasteiger partial charge in [0.25, 0.3) is 0 Å².